The van der Waals surface area contributed by atoms with Crippen LogP contribution in [0.4, 0.5) is 0 Å². The highest BCUT2D eigenvalue weighted by Gasteiger charge is 2.25. The maximum Gasteiger partial charge on any atom is 0.420 e. The molecule has 0 aliphatic rings. The third-order valence-electron chi connectivity index (χ3n) is 3.56. The Morgan fingerprint density at radius 3 is 2.87 bits per heavy atom. The first kappa shape index (κ1) is 15.5. The van der Waals surface area contributed by atoms with Gasteiger partial charge in [-0.2, -0.15) is 0 Å². The molecule has 2 N–H and O–H groups in total. The summed E-state index contributed by atoms with van der Waals surface area (Å²) in [4.78, 5) is 24.7. The van der Waals surface area contributed by atoms with Crippen LogP contribution in [0.2, 0.25) is 0 Å². The molecule has 6 nitrogen and oxygen atoms in total. The van der Waals surface area contributed by atoms with Crippen LogP contribution >= 0.6 is 11.3 Å². The fraction of sp³-hybridized carbons (Fsp3) is 0.250. The van der Waals surface area contributed by atoms with E-state index < -0.39 is 11.4 Å². The van der Waals surface area contributed by atoms with Gasteiger partial charge in [-0.15, -0.1) is 11.3 Å². The van der Waals surface area contributed by atoms with Gasteiger partial charge in [0.05, 0.1) is 12.1 Å². The van der Waals surface area contributed by atoms with Crippen molar-refractivity contribution in [3.8, 4) is 0 Å². The lowest BCUT2D eigenvalue weighted by Crippen LogP contribution is -2.40. The standard InChI is InChI=1S/C16H16N2O4S/c1-16(21,13-7-4-8-23-13)10-17-14(19)9-18-11-5-2-3-6-12(11)22-15(18)20/h2-8,21H,9-10H2,1H3,(H,17,19). The van der Waals surface area contributed by atoms with Crippen molar-refractivity contribution in [1.29, 1.82) is 0 Å². The zero-order chi connectivity index (χ0) is 16.4. The van der Waals surface area contributed by atoms with E-state index in [1.807, 2.05) is 17.5 Å². The second-order valence-electron chi connectivity index (χ2n) is 5.45. The van der Waals surface area contributed by atoms with E-state index in [4.69, 9.17) is 4.42 Å². The monoisotopic (exact) mass is 332 g/mol. The van der Waals surface area contributed by atoms with E-state index in [1.165, 1.54) is 15.9 Å². The summed E-state index contributed by atoms with van der Waals surface area (Å²) in [6.45, 7) is 1.55. The Kier molecular flexibility index (Phi) is 4.06. The first-order valence-corrected chi connectivity index (χ1v) is 7.97. The maximum atomic E-state index is 12.1. The molecule has 1 aromatic carbocycles. The average molecular weight is 332 g/mol. The number of fused-ring (bicyclic) bond motifs is 1. The average Bonchev–Trinajstić information content (AvgIpc) is 3.15. The van der Waals surface area contributed by atoms with Crippen LogP contribution in [0.3, 0.4) is 0 Å². The van der Waals surface area contributed by atoms with Gasteiger partial charge in [-0.25, -0.2) is 4.79 Å². The van der Waals surface area contributed by atoms with Crippen LogP contribution in [-0.4, -0.2) is 22.1 Å². The Balaban J connectivity index is 1.70. The van der Waals surface area contributed by atoms with E-state index in [2.05, 4.69) is 5.32 Å². The van der Waals surface area contributed by atoms with E-state index in [1.54, 1.807) is 31.2 Å². The van der Waals surface area contributed by atoms with Gasteiger partial charge in [0, 0.05) is 4.88 Å². The number of aromatic nitrogens is 1. The fourth-order valence-electron chi connectivity index (χ4n) is 2.31. The van der Waals surface area contributed by atoms with Crippen LogP contribution < -0.4 is 11.1 Å². The van der Waals surface area contributed by atoms with Crippen LogP contribution in [0.5, 0.6) is 0 Å². The summed E-state index contributed by atoms with van der Waals surface area (Å²) in [5.41, 5.74) is -0.138. The van der Waals surface area contributed by atoms with Gasteiger partial charge in [-0.3, -0.25) is 9.36 Å². The van der Waals surface area contributed by atoms with Gasteiger partial charge in [-0.1, -0.05) is 18.2 Å². The second kappa shape index (κ2) is 6.02. The molecule has 120 valence electrons. The number of thiophene rings is 1. The number of benzene rings is 1. The van der Waals surface area contributed by atoms with Gasteiger partial charge in [0.2, 0.25) is 5.91 Å². The topological polar surface area (TPSA) is 84.5 Å². The van der Waals surface area contributed by atoms with E-state index in [9.17, 15) is 14.7 Å². The van der Waals surface area contributed by atoms with Gasteiger partial charge in [0.15, 0.2) is 5.58 Å². The number of carbonyl (C=O) groups is 1. The van der Waals surface area contributed by atoms with E-state index >= 15 is 0 Å². The molecule has 1 unspecified atom stereocenters. The molecule has 1 atom stereocenters. The number of amides is 1. The molecule has 7 heteroatoms. The van der Waals surface area contributed by atoms with Gasteiger partial charge in [-0.05, 0) is 30.5 Å². The molecule has 0 bridgehead atoms. The Labute approximate surface area is 136 Å². The number of hydrogen-bond donors (Lipinski definition) is 2. The number of carbonyl (C=O) groups excluding carboxylic acids is 1. The molecular weight excluding hydrogens is 316 g/mol. The Bertz CT molecular complexity index is 877. The van der Waals surface area contributed by atoms with Gasteiger partial charge in [0.25, 0.3) is 0 Å². The minimum absolute atomic E-state index is 0.0664. The summed E-state index contributed by atoms with van der Waals surface area (Å²) >= 11 is 1.42. The molecular formula is C16H16N2O4S. The number of nitrogens with one attached hydrogen (secondary N) is 1. The van der Waals surface area contributed by atoms with Crippen molar-refractivity contribution in [1.82, 2.24) is 9.88 Å². The van der Waals surface area contributed by atoms with Crippen LogP contribution in [0, 0.1) is 0 Å². The van der Waals surface area contributed by atoms with E-state index in [-0.39, 0.29) is 19.0 Å². The Hall–Kier alpha value is -2.38. The zero-order valence-electron chi connectivity index (χ0n) is 12.5. The molecule has 0 aliphatic heterocycles. The molecule has 0 fully saturated rings. The highest BCUT2D eigenvalue weighted by molar-refractivity contribution is 7.10. The molecule has 0 spiro atoms. The predicted octanol–water partition coefficient (Wildman–Crippen LogP) is 1.68. The molecule has 2 aromatic heterocycles. The molecule has 23 heavy (non-hydrogen) atoms. The largest absolute Gasteiger partial charge is 0.420 e. The quantitative estimate of drug-likeness (QED) is 0.744. The van der Waals surface area contributed by atoms with Crippen molar-refractivity contribution in [2.45, 2.75) is 19.1 Å². The van der Waals surface area contributed by atoms with Crippen molar-refractivity contribution < 1.29 is 14.3 Å². The summed E-state index contributed by atoms with van der Waals surface area (Å²) in [5, 5.41) is 14.9. The number of rotatable bonds is 5. The van der Waals surface area contributed by atoms with Crippen molar-refractivity contribution in [2.75, 3.05) is 6.54 Å². The summed E-state index contributed by atoms with van der Waals surface area (Å²) < 4.78 is 6.35. The van der Waals surface area contributed by atoms with Crippen molar-refractivity contribution in [3.63, 3.8) is 0 Å². The van der Waals surface area contributed by atoms with Gasteiger partial charge in [0.1, 0.15) is 12.1 Å². The molecule has 0 saturated heterocycles. The zero-order valence-corrected chi connectivity index (χ0v) is 13.3. The summed E-state index contributed by atoms with van der Waals surface area (Å²) in [6.07, 6.45) is 0. The number of hydrogen-bond acceptors (Lipinski definition) is 5. The van der Waals surface area contributed by atoms with Gasteiger partial charge < -0.3 is 14.8 Å². The summed E-state index contributed by atoms with van der Waals surface area (Å²) in [7, 11) is 0. The number of oxazole rings is 1. The molecule has 0 saturated carbocycles. The van der Waals surface area contributed by atoms with Gasteiger partial charge >= 0.3 is 5.76 Å². The molecule has 0 aliphatic carbocycles. The normalized spacial score (nSPS) is 13.8. The Morgan fingerprint density at radius 1 is 1.35 bits per heavy atom. The number of aliphatic hydroxyl groups is 1. The smallest absolute Gasteiger partial charge is 0.408 e. The molecule has 0 radical (unpaired) electrons. The minimum atomic E-state index is -1.15. The van der Waals surface area contributed by atoms with Crippen LogP contribution in [0.1, 0.15) is 11.8 Å². The fourth-order valence-corrected chi connectivity index (χ4v) is 3.09. The molecule has 2 heterocycles. The van der Waals surface area contributed by atoms with Crippen LogP contribution in [0.25, 0.3) is 11.1 Å². The summed E-state index contributed by atoms with van der Waals surface area (Å²) in [5.74, 6) is -0.943. The van der Waals surface area contributed by atoms with Crippen LogP contribution in [-0.2, 0) is 16.9 Å². The van der Waals surface area contributed by atoms with Crippen molar-refractivity contribution in [2.24, 2.45) is 0 Å². The van der Waals surface area contributed by atoms with Crippen molar-refractivity contribution in [3.05, 3.63) is 57.2 Å². The lowest BCUT2D eigenvalue weighted by molar-refractivity contribution is -0.122. The highest BCUT2D eigenvalue weighted by atomic mass is 32.1. The van der Waals surface area contributed by atoms with E-state index in [0.29, 0.717) is 11.1 Å². The lowest BCUT2D eigenvalue weighted by Gasteiger charge is -2.22. The third-order valence-corrected chi connectivity index (χ3v) is 4.68. The second-order valence-corrected chi connectivity index (χ2v) is 6.40. The number of nitrogens with zero attached hydrogens (tertiary/aromatic N) is 1. The first-order chi connectivity index (χ1) is 11.0. The predicted molar refractivity (Wildman–Crippen MR) is 87.4 cm³/mol. The highest BCUT2D eigenvalue weighted by Crippen LogP contribution is 2.24. The minimum Gasteiger partial charge on any atom is -0.408 e. The molecule has 3 aromatic rings. The summed E-state index contributed by atoms with van der Waals surface area (Å²) in [6, 6.07) is 10.6. The first-order valence-electron chi connectivity index (χ1n) is 7.09. The third kappa shape index (κ3) is 3.20. The lowest BCUT2D eigenvalue weighted by atomic mass is 10.1. The molecule has 1 amide bonds. The Morgan fingerprint density at radius 2 is 2.13 bits per heavy atom. The van der Waals surface area contributed by atoms with E-state index in [0.717, 1.165) is 4.88 Å². The SMILES string of the molecule is CC(O)(CNC(=O)Cn1c(=O)oc2ccccc21)c1cccs1. The maximum absolute atomic E-state index is 12.1. The van der Waals surface area contributed by atoms with Crippen molar-refractivity contribution >= 4 is 28.3 Å². The molecule has 3 rings (SSSR count). The number of para-hydroxylation sites is 2. The van der Waals surface area contributed by atoms with Crippen LogP contribution in [0.15, 0.2) is 51.0 Å².